The van der Waals surface area contributed by atoms with Crippen LogP contribution >= 0.6 is 11.8 Å². The summed E-state index contributed by atoms with van der Waals surface area (Å²) >= 11 is 1.87. The number of benzene rings is 1. The maximum atomic E-state index is 12.9. The molecule has 1 unspecified atom stereocenters. The number of hydrogen-bond donors (Lipinski definition) is 2. The van der Waals surface area contributed by atoms with E-state index in [0.29, 0.717) is 17.1 Å². The van der Waals surface area contributed by atoms with E-state index >= 15 is 0 Å². The van der Waals surface area contributed by atoms with Gasteiger partial charge in [0.2, 0.25) is 17.7 Å². The summed E-state index contributed by atoms with van der Waals surface area (Å²) in [6.45, 7) is 3.87. The quantitative estimate of drug-likeness (QED) is 0.727. The first-order valence-electron chi connectivity index (χ1n) is 9.84. The van der Waals surface area contributed by atoms with Gasteiger partial charge in [-0.1, -0.05) is 0 Å². The van der Waals surface area contributed by atoms with Crippen molar-refractivity contribution < 1.29 is 19.1 Å². The molecule has 0 spiro atoms. The molecule has 1 aromatic rings. The Balaban J connectivity index is 1.63. The lowest BCUT2D eigenvalue weighted by atomic mass is 10.2. The van der Waals surface area contributed by atoms with E-state index < -0.39 is 0 Å². The lowest BCUT2D eigenvalue weighted by Gasteiger charge is -2.32. The standard InChI is InChI=1S/C20H28N4O4S/c1-14(25)21-15-5-6-18(28-2)16(12-15)22-19(26)13-24-7-3-4-17(24)20(27)23-8-10-29-11-9-23/h5-6,12,17H,3-4,7-11,13H2,1-2H3,(H,21,25)(H,22,26). The average Bonchev–Trinajstić information content (AvgIpc) is 3.15. The Labute approximate surface area is 175 Å². The van der Waals surface area contributed by atoms with Gasteiger partial charge in [-0.05, 0) is 37.6 Å². The highest BCUT2D eigenvalue weighted by atomic mass is 32.2. The predicted octanol–water partition coefficient (Wildman–Crippen LogP) is 1.63. The van der Waals surface area contributed by atoms with Gasteiger partial charge in [-0.3, -0.25) is 19.3 Å². The smallest absolute Gasteiger partial charge is 0.239 e. The Morgan fingerprint density at radius 1 is 1.17 bits per heavy atom. The summed E-state index contributed by atoms with van der Waals surface area (Å²) in [5.74, 6) is 2.19. The zero-order valence-electron chi connectivity index (χ0n) is 16.9. The number of carbonyl (C=O) groups is 3. The lowest BCUT2D eigenvalue weighted by molar-refractivity contribution is -0.136. The fourth-order valence-corrected chi connectivity index (χ4v) is 4.65. The predicted molar refractivity (Wildman–Crippen MR) is 114 cm³/mol. The maximum absolute atomic E-state index is 12.9. The first kappa shape index (κ1) is 21.4. The van der Waals surface area contributed by atoms with Crippen LogP contribution in [-0.4, -0.2) is 78.4 Å². The highest BCUT2D eigenvalue weighted by molar-refractivity contribution is 7.99. The molecule has 0 aromatic heterocycles. The van der Waals surface area contributed by atoms with Gasteiger partial charge in [-0.15, -0.1) is 0 Å². The van der Waals surface area contributed by atoms with Gasteiger partial charge in [0.1, 0.15) is 5.75 Å². The normalized spacial score (nSPS) is 19.7. The molecule has 9 heteroatoms. The minimum absolute atomic E-state index is 0.140. The third-order valence-corrected chi connectivity index (χ3v) is 6.05. The van der Waals surface area contributed by atoms with Crippen LogP contribution in [-0.2, 0) is 14.4 Å². The van der Waals surface area contributed by atoms with Crippen molar-refractivity contribution in [2.75, 3.05) is 55.4 Å². The SMILES string of the molecule is COc1ccc(NC(C)=O)cc1NC(=O)CN1CCCC1C(=O)N1CCSCC1. The second-order valence-electron chi connectivity index (χ2n) is 7.21. The fourth-order valence-electron chi connectivity index (χ4n) is 3.75. The van der Waals surface area contributed by atoms with Crippen LogP contribution in [0.1, 0.15) is 19.8 Å². The van der Waals surface area contributed by atoms with Crippen LogP contribution in [0.5, 0.6) is 5.75 Å². The molecule has 8 nitrogen and oxygen atoms in total. The molecule has 0 aliphatic carbocycles. The Bertz CT molecular complexity index is 767. The van der Waals surface area contributed by atoms with E-state index in [0.717, 1.165) is 44.0 Å². The molecule has 0 saturated carbocycles. The van der Waals surface area contributed by atoms with Crippen molar-refractivity contribution in [3.8, 4) is 5.75 Å². The van der Waals surface area contributed by atoms with Gasteiger partial charge < -0.3 is 20.3 Å². The fraction of sp³-hybridized carbons (Fsp3) is 0.550. The molecule has 2 heterocycles. The molecule has 2 aliphatic rings. The van der Waals surface area contributed by atoms with Gasteiger partial charge in [-0.25, -0.2) is 0 Å². The van der Waals surface area contributed by atoms with E-state index in [1.165, 1.54) is 14.0 Å². The highest BCUT2D eigenvalue weighted by Crippen LogP contribution is 2.28. The number of anilines is 2. The molecular weight excluding hydrogens is 392 g/mol. The monoisotopic (exact) mass is 420 g/mol. The van der Waals surface area contributed by atoms with Crippen molar-refractivity contribution in [3.63, 3.8) is 0 Å². The molecule has 2 N–H and O–H groups in total. The number of amides is 3. The van der Waals surface area contributed by atoms with Crippen molar-refractivity contribution in [2.45, 2.75) is 25.8 Å². The minimum Gasteiger partial charge on any atom is -0.495 e. The van der Waals surface area contributed by atoms with Gasteiger partial charge in [-0.2, -0.15) is 11.8 Å². The summed E-state index contributed by atoms with van der Waals surface area (Å²) < 4.78 is 5.31. The summed E-state index contributed by atoms with van der Waals surface area (Å²) in [5, 5.41) is 5.55. The molecule has 29 heavy (non-hydrogen) atoms. The maximum Gasteiger partial charge on any atom is 0.239 e. The van der Waals surface area contributed by atoms with Gasteiger partial charge >= 0.3 is 0 Å². The largest absolute Gasteiger partial charge is 0.495 e. The van der Waals surface area contributed by atoms with E-state index in [1.54, 1.807) is 18.2 Å². The van der Waals surface area contributed by atoms with Crippen molar-refractivity contribution in [3.05, 3.63) is 18.2 Å². The molecule has 2 saturated heterocycles. The minimum atomic E-state index is -0.226. The number of carbonyl (C=O) groups excluding carboxylic acids is 3. The Hall–Kier alpha value is -2.26. The average molecular weight is 421 g/mol. The molecule has 158 valence electrons. The third kappa shape index (κ3) is 5.63. The van der Waals surface area contributed by atoms with E-state index in [9.17, 15) is 14.4 Å². The zero-order valence-corrected chi connectivity index (χ0v) is 17.7. The summed E-state index contributed by atoms with van der Waals surface area (Å²) in [4.78, 5) is 40.7. The number of likely N-dealkylation sites (tertiary alicyclic amines) is 1. The Kier molecular flexibility index (Phi) is 7.38. The van der Waals surface area contributed by atoms with Gasteiger partial charge in [0.15, 0.2) is 0 Å². The van der Waals surface area contributed by atoms with Gasteiger partial charge in [0.25, 0.3) is 0 Å². The number of hydrogen-bond acceptors (Lipinski definition) is 6. The Morgan fingerprint density at radius 3 is 2.62 bits per heavy atom. The van der Waals surface area contributed by atoms with Crippen LogP contribution in [0, 0.1) is 0 Å². The number of thioether (sulfide) groups is 1. The molecule has 3 amide bonds. The van der Waals surface area contributed by atoms with Gasteiger partial charge in [0.05, 0.1) is 25.4 Å². The number of rotatable bonds is 6. The van der Waals surface area contributed by atoms with Crippen LogP contribution in [0.2, 0.25) is 0 Å². The number of nitrogens with one attached hydrogen (secondary N) is 2. The Morgan fingerprint density at radius 2 is 1.93 bits per heavy atom. The third-order valence-electron chi connectivity index (χ3n) is 5.11. The number of ether oxygens (including phenoxy) is 1. The van der Waals surface area contributed by atoms with Crippen molar-refractivity contribution in [1.82, 2.24) is 9.80 Å². The molecule has 2 aliphatic heterocycles. The van der Waals surface area contributed by atoms with E-state index in [2.05, 4.69) is 10.6 Å². The van der Waals surface area contributed by atoms with Crippen LogP contribution in [0.15, 0.2) is 18.2 Å². The van der Waals surface area contributed by atoms with Crippen LogP contribution in [0.3, 0.4) is 0 Å². The topological polar surface area (TPSA) is 91.0 Å². The molecule has 2 fully saturated rings. The molecule has 1 aromatic carbocycles. The molecular formula is C20H28N4O4S. The van der Waals surface area contributed by atoms with Crippen LogP contribution in [0.25, 0.3) is 0 Å². The van der Waals surface area contributed by atoms with Crippen LogP contribution < -0.4 is 15.4 Å². The van der Waals surface area contributed by atoms with Crippen molar-refractivity contribution in [1.29, 1.82) is 0 Å². The second kappa shape index (κ2) is 9.98. The summed E-state index contributed by atoms with van der Waals surface area (Å²) in [6, 6.07) is 4.84. The summed E-state index contributed by atoms with van der Waals surface area (Å²) in [6.07, 6.45) is 1.70. The summed E-state index contributed by atoms with van der Waals surface area (Å²) in [7, 11) is 1.52. The van der Waals surface area contributed by atoms with Crippen molar-refractivity contribution >= 4 is 40.9 Å². The van der Waals surface area contributed by atoms with E-state index in [1.807, 2.05) is 21.6 Å². The molecule has 0 radical (unpaired) electrons. The molecule has 0 bridgehead atoms. The summed E-state index contributed by atoms with van der Waals surface area (Å²) in [5.41, 5.74) is 1.06. The number of methoxy groups -OCH3 is 1. The van der Waals surface area contributed by atoms with Crippen LogP contribution in [0.4, 0.5) is 11.4 Å². The lowest BCUT2D eigenvalue weighted by Crippen LogP contribution is -2.49. The van der Waals surface area contributed by atoms with E-state index in [-0.39, 0.29) is 30.3 Å². The van der Waals surface area contributed by atoms with Gasteiger partial charge in [0, 0.05) is 37.2 Å². The van der Waals surface area contributed by atoms with Crippen molar-refractivity contribution in [2.24, 2.45) is 0 Å². The van der Waals surface area contributed by atoms with E-state index in [4.69, 9.17) is 4.74 Å². The molecule has 3 rings (SSSR count). The molecule has 1 atom stereocenters. The first-order chi connectivity index (χ1) is 14.0. The second-order valence-corrected chi connectivity index (χ2v) is 8.44. The zero-order chi connectivity index (χ0) is 20.8. The number of nitrogens with zero attached hydrogens (tertiary/aromatic N) is 2. The highest BCUT2D eigenvalue weighted by Gasteiger charge is 2.35. The first-order valence-corrected chi connectivity index (χ1v) is 11.0.